The molecular formula is C50H82BaO8. The molecule has 2 rings (SSSR count). The molecule has 0 aliphatic heterocycles. The minimum absolute atomic E-state index is 0. The van der Waals surface area contributed by atoms with Crippen LogP contribution in [-0.2, 0) is 32.3 Å². The van der Waals surface area contributed by atoms with Gasteiger partial charge >= 0.3 is 48.9 Å². The molecule has 0 saturated heterocycles. The summed E-state index contributed by atoms with van der Waals surface area (Å²) < 4.78 is 12.4. The summed E-state index contributed by atoms with van der Waals surface area (Å²) in [6.07, 6.45) is 27.9. The third-order valence-corrected chi connectivity index (χ3v) is 11.0. The van der Waals surface area contributed by atoms with Gasteiger partial charge in [0.15, 0.2) is 0 Å². The first-order valence-corrected chi connectivity index (χ1v) is 23.3. The van der Waals surface area contributed by atoms with Crippen LogP contribution in [0.1, 0.15) is 205 Å². The van der Waals surface area contributed by atoms with Crippen molar-refractivity contribution >= 4 is 60.8 Å². The molecule has 0 bridgehead atoms. The van der Waals surface area contributed by atoms with Gasteiger partial charge in [-0.1, -0.05) is 177 Å². The molecule has 2 aromatic carbocycles. The predicted molar refractivity (Wildman–Crippen MR) is 238 cm³/mol. The number of carbonyl (C=O) groups is 2. The second-order valence-electron chi connectivity index (χ2n) is 16.3. The average molecular weight is 949 g/mol. The monoisotopic (exact) mass is 949 g/mol. The van der Waals surface area contributed by atoms with Crippen molar-refractivity contribution in [3.8, 4) is 0 Å². The molecule has 0 spiro atoms. The third kappa shape index (κ3) is 38.2. The Morgan fingerprint density at radius 1 is 0.458 bits per heavy atom. The Morgan fingerprint density at radius 2 is 0.729 bits per heavy atom. The minimum Gasteiger partial charge on any atom is -0.550 e. The summed E-state index contributed by atoms with van der Waals surface area (Å²) in [6, 6.07) is 20.7. The molecule has 0 aliphatic carbocycles. The molecule has 332 valence electrons. The van der Waals surface area contributed by atoms with Gasteiger partial charge in [-0.15, -0.1) is 0 Å². The van der Waals surface area contributed by atoms with Gasteiger partial charge in [0.05, 0.1) is 37.6 Å². The molecule has 4 atom stereocenters. The van der Waals surface area contributed by atoms with E-state index in [0.717, 1.165) is 128 Å². The molecule has 0 fully saturated rings. The van der Waals surface area contributed by atoms with Crippen molar-refractivity contribution in [1.29, 1.82) is 0 Å². The molecule has 4 unspecified atom stereocenters. The number of ether oxygens (including phenoxy) is 2. The number of aliphatic carboxylic acids is 2. The van der Waals surface area contributed by atoms with Crippen molar-refractivity contribution in [3.63, 3.8) is 0 Å². The van der Waals surface area contributed by atoms with Gasteiger partial charge in [-0.05, 0) is 88.2 Å². The van der Waals surface area contributed by atoms with Gasteiger partial charge in [0, 0.05) is 11.9 Å². The van der Waals surface area contributed by atoms with Gasteiger partial charge in [0.1, 0.15) is 0 Å². The molecule has 0 aliphatic rings. The normalized spacial score (nSPS) is 13.1. The van der Waals surface area contributed by atoms with E-state index in [1.165, 1.54) is 49.7 Å². The standard InChI is InChI=1S/2C25H42O4.Ba/c2*1-2-23(26)17-11-6-7-13-19-24(29-21-22-15-9-8-10-16-22)18-12-4-3-5-14-20-25(27)28;/h2*8-10,15-16,23-24,26H,2-7,11-14,17-21H2,1H3,(H,27,28);/q;;+2/p-2. The molecule has 9 heteroatoms. The number of aliphatic hydroxyl groups is 2. The Labute approximate surface area is 400 Å². The number of hydrogen-bond acceptors (Lipinski definition) is 8. The van der Waals surface area contributed by atoms with Crippen LogP contribution in [0.5, 0.6) is 0 Å². The average Bonchev–Trinajstić information content (AvgIpc) is 3.23. The minimum atomic E-state index is -0.941. The van der Waals surface area contributed by atoms with Crippen LogP contribution in [0.3, 0.4) is 0 Å². The van der Waals surface area contributed by atoms with E-state index in [1.54, 1.807) is 0 Å². The molecule has 0 aromatic heterocycles. The molecule has 2 N–H and O–H groups in total. The van der Waals surface area contributed by atoms with E-state index in [9.17, 15) is 30.0 Å². The van der Waals surface area contributed by atoms with Gasteiger partial charge in [-0.3, -0.25) is 0 Å². The zero-order valence-electron chi connectivity index (χ0n) is 37.3. The Kier molecular flexibility index (Phi) is 41.2. The molecule has 0 amide bonds. The van der Waals surface area contributed by atoms with Crippen LogP contribution >= 0.6 is 0 Å². The maximum atomic E-state index is 10.4. The summed E-state index contributed by atoms with van der Waals surface area (Å²) in [5, 5.41) is 40.1. The van der Waals surface area contributed by atoms with Gasteiger partial charge in [-0.25, -0.2) is 0 Å². The number of rotatable bonds is 38. The maximum Gasteiger partial charge on any atom is 2.00 e. The topological polar surface area (TPSA) is 139 Å². The SMILES string of the molecule is CCC(O)CCCCCCC(CCCCCCCC(=O)[O-])OCc1ccccc1.CCC(O)CCCCCCC(CCCCCCCC(=O)[O-])OCc1ccccc1.[Ba+2]. The van der Waals surface area contributed by atoms with Crippen LogP contribution in [0.25, 0.3) is 0 Å². The van der Waals surface area contributed by atoms with Crippen molar-refractivity contribution in [3.05, 3.63) is 71.8 Å². The van der Waals surface area contributed by atoms with Crippen LogP contribution < -0.4 is 10.2 Å². The molecule has 2 aromatic rings. The van der Waals surface area contributed by atoms with Gasteiger partial charge in [-0.2, -0.15) is 0 Å². The fourth-order valence-electron chi connectivity index (χ4n) is 7.16. The fraction of sp³-hybridized carbons (Fsp3) is 0.720. The fourth-order valence-corrected chi connectivity index (χ4v) is 7.16. The number of unbranched alkanes of at least 4 members (excludes halogenated alkanes) is 14. The van der Waals surface area contributed by atoms with E-state index < -0.39 is 11.9 Å². The number of carboxylic acid groups (broad SMARTS) is 2. The largest absolute Gasteiger partial charge is 2.00 e. The van der Waals surface area contributed by atoms with Crippen molar-refractivity contribution < 1.29 is 39.5 Å². The number of carboxylic acids is 2. The van der Waals surface area contributed by atoms with Crippen LogP contribution in [0, 0.1) is 0 Å². The summed E-state index contributed by atoms with van der Waals surface area (Å²) in [5.74, 6) is -1.88. The summed E-state index contributed by atoms with van der Waals surface area (Å²) in [4.78, 5) is 20.9. The molecule has 0 heterocycles. The van der Waals surface area contributed by atoms with Crippen molar-refractivity contribution in [2.45, 2.75) is 231 Å². The van der Waals surface area contributed by atoms with Crippen molar-refractivity contribution in [2.24, 2.45) is 0 Å². The summed E-state index contributed by atoms with van der Waals surface area (Å²) in [7, 11) is 0. The Balaban J connectivity index is 0.00000112. The van der Waals surface area contributed by atoms with Crippen LogP contribution in [-0.4, -0.2) is 95.4 Å². The van der Waals surface area contributed by atoms with Gasteiger partial charge in [0.2, 0.25) is 0 Å². The summed E-state index contributed by atoms with van der Waals surface area (Å²) in [5.41, 5.74) is 2.43. The van der Waals surface area contributed by atoms with Gasteiger partial charge in [0.25, 0.3) is 0 Å². The zero-order chi connectivity index (χ0) is 42.3. The van der Waals surface area contributed by atoms with Crippen molar-refractivity contribution in [1.82, 2.24) is 0 Å². The first kappa shape index (κ1) is 57.8. The van der Waals surface area contributed by atoms with E-state index in [1.807, 2.05) is 50.2 Å². The van der Waals surface area contributed by atoms with Crippen molar-refractivity contribution in [2.75, 3.05) is 0 Å². The Morgan fingerprint density at radius 3 is 1.02 bits per heavy atom. The molecule has 0 radical (unpaired) electrons. The van der Waals surface area contributed by atoms with E-state index in [-0.39, 0.29) is 73.9 Å². The van der Waals surface area contributed by atoms with Crippen LogP contribution in [0.2, 0.25) is 0 Å². The molecule has 8 nitrogen and oxygen atoms in total. The van der Waals surface area contributed by atoms with E-state index in [0.29, 0.717) is 25.4 Å². The maximum absolute atomic E-state index is 10.4. The number of benzene rings is 2. The Bertz CT molecular complexity index is 1110. The number of aliphatic hydroxyl groups excluding tert-OH is 2. The predicted octanol–water partition coefficient (Wildman–Crippen LogP) is 9.95. The number of carbonyl (C=O) groups excluding carboxylic acids is 2. The van der Waals surface area contributed by atoms with E-state index >= 15 is 0 Å². The number of hydrogen-bond donors (Lipinski definition) is 2. The molecule has 59 heavy (non-hydrogen) atoms. The van der Waals surface area contributed by atoms with E-state index in [2.05, 4.69) is 24.3 Å². The van der Waals surface area contributed by atoms with E-state index in [4.69, 9.17) is 9.47 Å². The smallest absolute Gasteiger partial charge is 0.550 e. The first-order valence-electron chi connectivity index (χ1n) is 23.3. The van der Waals surface area contributed by atoms with Crippen LogP contribution in [0.15, 0.2) is 60.7 Å². The second-order valence-corrected chi connectivity index (χ2v) is 16.3. The molecular weight excluding hydrogens is 866 g/mol. The second kappa shape index (κ2) is 42.1. The molecule has 0 saturated carbocycles. The van der Waals surface area contributed by atoms with Gasteiger partial charge < -0.3 is 39.5 Å². The quantitative estimate of drug-likeness (QED) is 0.0501. The Hall–Kier alpha value is -1.21. The third-order valence-electron chi connectivity index (χ3n) is 11.0. The zero-order valence-corrected chi connectivity index (χ0v) is 41.8. The summed E-state index contributed by atoms with van der Waals surface area (Å²) >= 11 is 0. The first-order chi connectivity index (χ1) is 28.2. The van der Waals surface area contributed by atoms with Crippen LogP contribution in [0.4, 0.5) is 0 Å². The summed E-state index contributed by atoms with van der Waals surface area (Å²) in [6.45, 7) is 5.39.